The predicted octanol–water partition coefficient (Wildman–Crippen LogP) is 2.78. The molecule has 0 bridgehead atoms. The van der Waals surface area contributed by atoms with Crippen LogP contribution in [0.25, 0.3) is 0 Å². The molecule has 1 aliphatic rings. The summed E-state index contributed by atoms with van der Waals surface area (Å²) in [6.45, 7) is 4.58. The van der Waals surface area contributed by atoms with Crippen LogP contribution in [0.3, 0.4) is 0 Å². The third-order valence-electron chi connectivity index (χ3n) is 4.11. The molecule has 4 heteroatoms. The van der Waals surface area contributed by atoms with Crippen LogP contribution in [0.5, 0.6) is 0 Å². The van der Waals surface area contributed by atoms with E-state index in [0.29, 0.717) is 24.1 Å². The molecule has 1 N–H and O–H groups in total. The summed E-state index contributed by atoms with van der Waals surface area (Å²) >= 11 is 0. The van der Waals surface area contributed by atoms with Gasteiger partial charge in [0.05, 0.1) is 0 Å². The minimum atomic E-state index is -0.367. The highest BCUT2D eigenvalue weighted by Gasteiger charge is 2.24. The molecule has 0 aromatic heterocycles. The molecule has 2 rings (SSSR count). The van der Waals surface area contributed by atoms with Gasteiger partial charge in [-0.05, 0) is 57.5 Å². The number of nitrogens with one attached hydrogen (secondary N) is 1. The van der Waals surface area contributed by atoms with E-state index < -0.39 is 0 Å². The van der Waals surface area contributed by atoms with Crippen molar-refractivity contribution in [2.24, 2.45) is 5.92 Å². The molecule has 1 aromatic carbocycles. The lowest BCUT2D eigenvalue weighted by Crippen LogP contribution is -2.43. The fourth-order valence-electron chi connectivity index (χ4n) is 2.78. The molecule has 19 heavy (non-hydrogen) atoms. The molecule has 1 saturated heterocycles. The van der Waals surface area contributed by atoms with Crippen LogP contribution < -0.4 is 5.32 Å². The Kier molecular flexibility index (Phi) is 4.88. The molecule has 1 aromatic rings. The number of hydrogen-bond donors (Lipinski definition) is 1. The number of piperidine rings is 1. The average molecular weight is 268 g/mol. The maximum atomic E-state index is 13.6. The Bertz CT molecular complexity index is 423. The van der Waals surface area contributed by atoms with Gasteiger partial charge < -0.3 is 5.32 Å². The second-order valence-electron chi connectivity index (χ2n) is 5.45. The zero-order valence-corrected chi connectivity index (χ0v) is 11.6. The quantitative estimate of drug-likeness (QED) is 0.903. The summed E-state index contributed by atoms with van der Waals surface area (Å²) in [5.41, 5.74) is 0.456. The summed E-state index contributed by atoms with van der Waals surface area (Å²) < 4.78 is 26.8. The van der Waals surface area contributed by atoms with Gasteiger partial charge in [-0.2, -0.15) is 0 Å². The number of rotatable bonds is 4. The molecule has 0 radical (unpaired) electrons. The molecule has 1 heterocycles. The van der Waals surface area contributed by atoms with E-state index in [-0.39, 0.29) is 11.6 Å². The summed E-state index contributed by atoms with van der Waals surface area (Å²) in [4.78, 5) is 2.22. The highest BCUT2D eigenvalue weighted by molar-refractivity contribution is 5.18. The van der Waals surface area contributed by atoms with E-state index in [1.165, 1.54) is 24.6 Å². The van der Waals surface area contributed by atoms with Gasteiger partial charge in [0.15, 0.2) is 0 Å². The van der Waals surface area contributed by atoms with Crippen LogP contribution in [0.1, 0.15) is 25.3 Å². The van der Waals surface area contributed by atoms with Crippen molar-refractivity contribution in [2.45, 2.75) is 32.4 Å². The summed E-state index contributed by atoms with van der Waals surface area (Å²) in [5, 5.41) is 3.28. The van der Waals surface area contributed by atoms with E-state index in [0.717, 1.165) is 19.5 Å². The van der Waals surface area contributed by atoms with Crippen LogP contribution in [0, 0.1) is 17.6 Å². The van der Waals surface area contributed by atoms with E-state index in [1.54, 1.807) is 0 Å². The Morgan fingerprint density at radius 2 is 2.21 bits per heavy atom. The summed E-state index contributed by atoms with van der Waals surface area (Å²) in [6.07, 6.45) is 2.32. The van der Waals surface area contributed by atoms with Crippen molar-refractivity contribution in [2.75, 3.05) is 20.1 Å². The largest absolute Gasteiger partial charge is 0.317 e. The van der Waals surface area contributed by atoms with Crippen LogP contribution in [-0.2, 0) is 6.54 Å². The van der Waals surface area contributed by atoms with Gasteiger partial charge in [-0.1, -0.05) is 0 Å². The molecule has 2 nitrogen and oxygen atoms in total. The molecule has 2 unspecified atom stereocenters. The van der Waals surface area contributed by atoms with Gasteiger partial charge in [0.25, 0.3) is 0 Å². The number of benzene rings is 1. The highest BCUT2D eigenvalue weighted by atomic mass is 19.1. The summed E-state index contributed by atoms with van der Waals surface area (Å²) in [5.74, 6) is -0.103. The maximum absolute atomic E-state index is 13.6. The first-order valence-electron chi connectivity index (χ1n) is 6.93. The molecule has 0 amide bonds. The molecular formula is C15H22F2N2. The third kappa shape index (κ3) is 3.74. The zero-order chi connectivity index (χ0) is 13.8. The van der Waals surface area contributed by atoms with E-state index in [1.807, 2.05) is 7.05 Å². The summed E-state index contributed by atoms with van der Waals surface area (Å²) in [6, 6.07) is 4.14. The lowest BCUT2D eigenvalue weighted by atomic mass is 9.91. The SMILES string of the molecule is CNC(C)C1CCCN(Cc2cc(F)ccc2F)C1. The lowest BCUT2D eigenvalue weighted by molar-refractivity contribution is 0.145. The van der Waals surface area contributed by atoms with E-state index in [2.05, 4.69) is 17.1 Å². The van der Waals surface area contributed by atoms with Crippen LogP contribution in [0.2, 0.25) is 0 Å². The topological polar surface area (TPSA) is 15.3 Å². The Morgan fingerprint density at radius 1 is 1.42 bits per heavy atom. The van der Waals surface area contributed by atoms with Crippen molar-refractivity contribution in [3.63, 3.8) is 0 Å². The molecule has 1 aliphatic heterocycles. The molecule has 106 valence electrons. The van der Waals surface area contributed by atoms with Crippen molar-refractivity contribution in [3.05, 3.63) is 35.4 Å². The second-order valence-corrected chi connectivity index (χ2v) is 5.45. The maximum Gasteiger partial charge on any atom is 0.127 e. The van der Waals surface area contributed by atoms with Crippen molar-refractivity contribution in [1.82, 2.24) is 10.2 Å². The normalized spacial score (nSPS) is 22.4. The lowest BCUT2D eigenvalue weighted by Gasteiger charge is -2.35. The molecule has 0 aliphatic carbocycles. The molecule has 1 fully saturated rings. The van der Waals surface area contributed by atoms with Crippen molar-refractivity contribution >= 4 is 0 Å². The van der Waals surface area contributed by atoms with Gasteiger partial charge in [0.1, 0.15) is 11.6 Å². The minimum absolute atomic E-state index is 0.315. The number of likely N-dealkylation sites (tertiary alicyclic amines) is 1. The van der Waals surface area contributed by atoms with Crippen molar-refractivity contribution in [1.29, 1.82) is 0 Å². The number of hydrogen-bond acceptors (Lipinski definition) is 2. The first kappa shape index (κ1) is 14.4. The molecule has 2 atom stereocenters. The third-order valence-corrected chi connectivity index (χ3v) is 4.11. The predicted molar refractivity (Wildman–Crippen MR) is 72.9 cm³/mol. The van der Waals surface area contributed by atoms with Crippen molar-refractivity contribution < 1.29 is 8.78 Å². The van der Waals surface area contributed by atoms with Crippen molar-refractivity contribution in [3.8, 4) is 0 Å². The van der Waals surface area contributed by atoms with Crippen LogP contribution in [0.15, 0.2) is 18.2 Å². The Balaban J connectivity index is 2.00. The molecule has 0 spiro atoms. The first-order chi connectivity index (χ1) is 9.10. The molecule has 0 saturated carbocycles. The van der Waals surface area contributed by atoms with E-state index >= 15 is 0 Å². The standard InChI is InChI=1S/C15H22F2N2/c1-11(18-2)12-4-3-7-19(9-12)10-13-8-14(16)5-6-15(13)17/h5-6,8,11-12,18H,3-4,7,9-10H2,1-2H3. The van der Waals surface area contributed by atoms with Crippen LogP contribution in [0.4, 0.5) is 8.78 Å². The molecular weight excluding hydrogens is 246 g/mol. The minimum Gasteiger partial charge on any atom is -0.317 e. The zero-order valence-electron chi connectivity index (χ0n) is 11.6. The Labute approximate surface area is 113 Å². The summed E-state index contributed by atoms with van der Waals surface area (Å²) in [7, 11) is 1.97. The van der Waals surface area contributed by atoms with Gasteiger partial charge in [-0.3, -0.25) is 4.90 Å². The monoisotopic (exact) mass is 268 g/mol. The fraction of sp³-hybridized carbons (Fsp3) is 0.600. The Morgan fingerprint density at radius 3 is 2.95 bits per heavy atom. The van der Waals surface area contributed by atoms with Gasteiger partial charge in [-0.25, -0.2) is 8.78 Å². The smallest absolute Gasteiger partial charge is 0.127 e. The number of nitrogens with zero attached hydrogens (tertiary/aromatic N) is 1. The van der Waals surface area contributed by atoms with E-state index in [4.69, 9.17) is 0 Å². The highest BCUT2D eigenvalue weighted by Crippen LogP contribution is 2.22. The van der Waals surface area contributed by atoms with Gasteiger partial charge in [0, 0.05) is 24.7 Å². The fourth-order valence-corrected chi connectivity index (χ4v) is 2.78. The second kappa shape index (κ2) is 6.44. The van der Waals surface area contributed by atoms with Gasteiger partial charge in [0.2, 0.25) is 0 Å². The van der Waals surface area contributed by atoms with E-state index in [9.17, 15) is 8.78 Å². The average Bonchev–Trinajstić information content (AvgIpc) is 2.42. The van der Waals surface area contributed by atoms with Crippen LogP contribution >= 0.6 is 0 Å². The van der Waals surface area contributed by atoms with Gasteiger partial charge >= 0.3 is 0 Å². The first-order valence-corrected chi connectivity index (χ1v) is 6.93. The Hall–Kier alpha value is -1.00. The number of halogens is 2. The van der Waals surface area contributed by atoms with Crippen LogP contribution in [-0.4, -0.2) is 31.1 Å². The van der Waals surface area contributed by atoms with Gasteiger partial charge in [-0.15, -0.1) is 0 Å².